The summed E-state index contributed by atoms with van der Waals surface area (Å²) in [5.41, 5.74) is 2.09. The Morgan fingerprint density at radius 2 is 1.88 bits per heavy atom. The van der Waals surface area contributed by atoms with E-state index in [-0.39, 0.29) is 0 Å². The van der Waals surface area contributed by atoms with Gasteiger partial charge in [0.2, 0.25) is 0 Å². The fourth-order valence-corrected chi connectivity index (χ4v) is 2.50. The maximum absolute atomic E-state index is 5.85. The van der Waals surface area contributed by atoms with Gasteiger partial charge in [0, 0.05) is 42.8 Å². The van der Waals surface area contributed by atoms with Crippen molar-refractivity contribution in [2.75, 3.05) is 18.0 Å². The van der Waals surface area contributed by atoms with E-state index in [0.29, 0.717) is 18.3 Å². The second-order valence-corrected chi connectivity index (χ2v) is 5.30. The van der Waals surface area contributed by atoms with Gasteiger partial charge in [0.15, 0.2) is 11.6 Å². The molecule has 3 rings (SSSR count). The van der Waals surface area contributed by atoms with E-state index in [9.17, 15) is 0 Å². The first kappa shape index (κ1) is 16.0. The maximum Gasteiger partial charge on any atom is 0.181 e. The molecule has 0 aliphatic rings. The summed E-state index contributed by atoms with van der Waals surface area (Å²) < 4.78 is 5.85. The highest BCUT2D eigenvalue weighted by Gasteiger charge is 2.07. The molecule has 6 heteroatoms. The monoisotopic (exact) mass is 323 g/mol. The van der Waals surface area contributed by atoms with Crippen LogP contribution in [0.3, 0.4) is 0 Å². The second-order valence-electron chi connectivity index (χ2n) is 5.30. The molecule has 0 spiro atoms. The van der Waals surface area contributed by atoms with Gasteiger partial charge in [0.1, 0.15) is 12.4 Å². The molecule has 0 fully saturated rings. The van der Waals surface area contributed by atoms with Gasteiger partial charge in [-0.1, -0.05) is 6.07 Å². The van der Waals surface area contributed by atoms with E-state index < -0.39 is 0 Å². The van der Waals surface area contributed by atoms with Gasteiger partial charge in [0.05, 0.1) is 0 Å². The average molecular weight is 323 g/mol. The predicted octanol–water partition coefficient (Wildman–Crippen LogP) is 3.29. The van der Waals surface area contributed by atoms with Crippen LogP contribution in [0.25, 0.3) is 11.4 Å². The molecule has 0 aliphatic heterocycles. The number of hydrogen-bond donors (Lipinski definition) is 1. The number of hydrogen-bond acceptors (Lipinski definition) is 5. The van der Waals surface area contributed by atoms with E-state index in [0.717, 1.165) is 30.1 Å². The molecule has 1 N–H and O–H groups in total. The third kappa shape index (κ3) is 3.71. The van der Waals surface area contributed by atoms with E-state index in [1.54, 1.807) is 12.4 Å². The van der Waals surface area contributed by atoms with E-state index in [2.05, 4.69) is 45.0 Å². The highest BCUT2D eigenvalue weighted by molar-refractivity contribution is 5.53. The van der Waals surface area contributed by atoms with Gasteiger partial charge in [-0.2, -0.15) is 5.10 Å². The molecule has 0 unspecified atom stereocenters. The minimum Gasteiger partial charge on any atom is -0.486 e. The molecular weight excluding hydrogens is 302 g/mol. The molecule has 24 heavy (non-hydrogen) atoms. The molecule has 0 amide bonds. The molecular formula is C18H21N5O. The van der Waals surface area contributed by atoms with Crippen LogP contribution in [0.1, 0.15) is 19.7 Å². The SMILES string of the molecule is CCN(CC)c1cccc(OCc2nc(-c3ccncc3)n[nH]2)c1. The van der Waals surface area contributed by atoms with Gasteiger partial charge in [-0.15, -0.1) is 0 Å². The molecule has 2 aromatic heterocycles. The maximum atomic E-state index is 5.85. The third-order valence-electron chi connectivity index (χ3n) is 3.79. The fraction of sp³-hybridized carbons (Fsp3) is 0.278. The summed E-state index contributed by atoms with van der Waals surface area (Å²) in [7, 11) is 0. The Balaban J connectivity index is 1.66. The Labute approximate surface area is 141 Å². The molecule has 0 bridgehead atoms. The van der Waals surface area contributed by atoms with Gasteiger partial charge in [-0.25, -0.2) is 4.98 Å². The number of aromatic nitrogens is 4. The molecule has 6 nitrogen and oxygen atoms in total. The van der Waals surface area contributed by atoms with Crippen LogP contribution in [0.4, 0.5) is 5.69 Å². The number of nitrogens with one attached hydrogen (secondary N) is 1. The van der Waals surface area contributed by atoms with Crippen LogP contribution in [0, 0.1) is 0 Å². The van der Waals surface area contributed by atoms with Crippen LogP contribution in [-0.4, -0.2) is 33.3 Å². The van der Waals surface area contributed by atoms with Crippen LogP contribution >= 0.6 is 0 Å². The fourth-order valence-electron chi connectivity index (χ4n) is 2.50. The Hall–Kier alpha value is -2.89. The summed E-state index contributed by atoms with van der Waals surface area (Å²) in [6.45, 7) is 6.58. The van der Waals surface area contributed by atoms with Crippen molar-refractivity contribution < 1.29 is 4.74 Å². The van der Waals surface area contributed by atoms with Crippen molar-refractivity contribution in [3.8, 4) is 17.1 Å². The summed E-state index contributed by atoms with van der Waals surface area (Å²) in [5, 5.41) is 7.14. The number of rotatable bonds is 7. The van der Waals surface area contributed by atoms with Crippen LogP contribution in [-0.2, 0) is 6.61 Å². The van der Waals surface area contributed by atoms with Crippen molar-refractivity contribution >= 4 is 5.69 Å². The van der Waals surface area contributed by atoms with Crippen LogP contribution in [0.15, 0.2) is 48.8 Å². The van der Waals surface area contributed by atoms with Crippen molar-refractivity contribution in [1.29, 1.82) is 0 Å². The first-order valence-corrected chi connectivity index (χ1v) is 8.09. The first-order valence-electron chi connectivity index (χ1n) is 8.09. The first-order chi connectivity index (χ1) is 11.8. The number of H-pyrrole nitrogens is 1. The Morgan fingerprint density at radius 1 is 1.08 bits per heavy atom. The Bertz CT molecular complexity index is 768. The smallest absolute Gasteiger partial charge is 0.181 e. The van der Waals surface area contributed by atoms with Crippen molar-refractivity contribution in [3.05, 3.63) is 54.6 Å². The number of aromatic amines is 1. The van der Waals surface area contributed by atoms with Gasteiger partial charge in [-0.3, -0.25) is 10.1 Å². The Kier molecular flexibility index (Phi) is 5.05. The number of benzene rings is 1. The summed E-state index contributed by atoms with van der Waals surface area (Å²) in [6.07, 6.45) is 3.45. The lowest BCUT2D eigenvalue weighted by atomic mass is 10.2. The number of anilines is 1. The summed E-state index contributed by atoms with van der Waals surface area (Å²) >= 11 is 0. The largest absolute Gasteiger partial charge is 0.486 e. The zero-order chi connectivity index (χ0) is 16.8. The van der Waals surface area contributed by atoms with Crippen LogP contribution in [0.5, 0.6) is 5.75 Å². The Morgan fingerprint density at radius 3 is 2.62 bits per heavy atom. The number of ether oxygens (including phenoxy) is 1. The molecule has 2 heterocycles. The van der Waals surface area contributed by atoms with Crippen LogP contribution in [0.2, 0.25) is 0 Å². The van der Waals surface area contributed by atoms with Crippen LogP contribution < -0.4 is 9.64 Å². The van der Waals surface area contributed by atoms with E-state index in [1.165, 1.54) is 0 Å². The summed E-state index contributed by atoms with van der Waals surface area (Å²) in [5.74, 6) is 2.16. The van der Waals surface area contributed by atoms with Crippen molar-refractivity contribution in [1.82, 2.24) is 20.2 Å². The lowest BCUT2D eigenvalue weighted by molar-refractivity contribution is 0.296. The standard InChI is InChI=1S/C18H21N5O/c1-3-23(4-2)15-6-5-7-16(12-15)24-13-17-20-18(22-21-17)14-8-10-19-11-9-14/h5-12H,3-4,13H2,1-2H3,(H,20,21,22). The highest BCUT2D eigenvalue weighted by Crippen LogP contribution is 2.22. The number of nitrogens with zero attached hydrogens (tertiary/aromatic N) is 4. The molecule has 3 aromatic rings. The molecule has 1 aromatic carbocycles. The number of pyridine rings is 1. The predicted molar refractivity (Wildman–Crippen MR) is 93.9 cm³/mol. The third-order valence-corrected chi connectivity index (χ3v) is 3.79. The zero-order valence-corrected chi connectivity index (χ0v) is 13.9. The summed E-state index contributed by atoms with van der Waals surface area (Å²) in [4.78, 5) is 10.7. The molecule has 124 valence electrons. The van der Waals surface area contributed by atoms with Crippen molar-refractivity contribution in [3.63, 3.8) is 0 Å². The lowest BCUT2D eigenvalue weighted by Crippen LogP contribution is -2.21. The highest BCUT2D eigenvalue weighted by atomic mass is 16.5. The molecule has 0 radical (unpaired) electrons. The molecule has 0 saturated heterocycles. The van der Waals surface area contributed by atoms with Crippen molar-refractivity contribution in [2.45, 2.75) is 20.5 Å². The minimum atomic E-state index is 0.347. The van der Waals surface area contributed by atoms with Crippen molar-refractivity contribution in [2.24, 2.45) is 0 Å². The second kappa shape index (κ2) is 7.59. The van der Waals surface area contributed by atoms with E-state index >= 15 is 0 Å². The summed E-state index contributed by atoms with van der Waals surface area (Å²) in [6, 6.07) is 11.9. The lowest BCUT2D eigenvalue weighted by Gasteiger charge is -2.21. The van der Waals surface area contributed by atoms with E-state index in [1.807, 2.05) is 30.3 Å². The zero-order valence-electron chi connectivity index (χ0n) is 13.9. The van der Waals surface area contributed by atoms with Gasteiger partial charge < -0.3 is 9.64 Å². The van der Waals surface area contributed by atoms with Gasteiger partial charge in [-0.05, 0) is 38.1 Å². The average Bonchev–Trinajstić information content (AvgIpc) is 3.11. The molecule has 0 atom stereocenters. The topological polar surface area (TPSA) is 66.9 Å². The minimum absolute atomic E-state index is 0.347. The van der Waals surface area contributed by atoms with Gasteiger partial charge in [0.25, 0.3) is 0 Å². The normalized spacial score (nSPS) is 10.6. The van der Waals surface area contributed by atoms with Gasteiger partial charge >= 0.3 is 0 Å². The van der Waals surface area contributed by atoms with E-state index in [4.69, 9.17) is 4.74 Å². The quantitative estimate of drug-likeness (QED) is 0.722. The molecule has 0 aliphatic carbocycles. The molecule has 0 saturated carbocycles.